The lowest BCUT2D eigenvalue weighted by atomic mass is 9.87. The molecule has 0 aromatic carbocycles. The number of hydrogen-bond donors (Lipinski definition) is 1. The van der Waals surface area contributed by atoms with E-state index in [0.29, 0.717) is 18.9 Å². The second-order valence-corrected chi connectivity index (χ2v) is 6.20. The summed E-state index contributed by atoms with van der Waals surface area (Å²) in [7, 11) is 0. The van der Waals surface area contributed by atoms with Crippen molar-refractivity contribution >= 4 is 15.9 Å². The maximum atomic E-state index is 10.3. The first-order chi connectivity index (χ1) is 7.31. The van der Waals surface area contributed by atoms with E-state index in [4.69, 9.17) is 0 Å². The van der Waals surface area contributed by atoms with Crippen LogP contribution in [0.3, 0.4) is 0 Å². The van der Waals surface area contributed by atoms with Crippen LogP contribution in [0.2, 0.25) is 0 Å². The number of likely N-dealkylation sites (tertiary alicyclic amines) is 1. The third-order valence-corrected chi connectivity index (χ3v) is 3.30. The molecule has 0 unspecified atom stereocenters. The minimum atomic E-state index is -0.881. The lowest BCUT2D eigenvalue weighted by molar-refractivity contribution is -0.142. The topological polar surface area (TPSA) is 49.2 Å². The van der Waals surface area contributed by atoms with Crippen molar-refractivity contribution in [2.75, 3.05) is 13.1 Å². The van der Waals surface area contributed by atoms with Crippen molar-refractivity contribution in [1.29, 1.82) is 0 Å². The molecule has 0 aliphatic carbocycles. The molecule has 0 radical (unpaired) electrons. The SMILES string of the molecule is CC(C)(C)N1CC(O)(c2ncc(Br)cn2)C1. The molecular weight excluding hydrogens is 270 g/mol. The Hall–Kier alpha value is -0.520. The van der Waals surface area contributed by atoms with Gasteiger partial charge in [0.1, 0.15) is 5.60 Å². The Balaban J connectivity index is 2.10. The number of halogens is 1. The Morgan fingerprint density at radius 2 is 1.81 bits per heavy atom. The predicted octanol–water partition coefficient (Wildman–Crippen LogP) is 1.54. The molecule has 1 aliphatic heterocycles. The lowest BCUT2D eigenvalue weighted by Gasteiger charge is -2.51. The maximum absolute atomic E-state index is 10.3. The monoisotopic (exact) mass is 285 g/mol. The highest BCUT2D eigenvalue weighted by Gasteiger charge is 2.48. The van der Waals surface area contributed by atoms with Gasteiger partial charge < -0.3 is 5.11 Å². The van der Waals surface area contributed by atoms with Gasteiger partial charge in [-0.25, -0.2) is 9.97 Å². The van der Waals surface area contributed by atoms with Crippen LogP contribution in [0.4, 0.5) is 0 Å². The van der Waals surface area contributed by atoms with E-state index in [1.807, 2.05) is 0 Å². The fourth-order valence-corrected chi connectivity index (χ4v) is 1.96. The fourth-order valence-electron chi connectivity index (χ4n) is 1.75. The van der Waals surface area contributed by atoms with E-state index in [2.05, 4.69) is 51.6 Å². The molecule has 2 heterocycles. The molecule has 88 valence electrons. The second kappa shape index (κ2) is 3.75. The molecule has 1 aromatic heterocycles. The number of aliphatic hydroxyl groups is 1. The standard InChI is InChI=1S/C11H16BrN3O/c1-10(2,3)15-6-11(16,7-15)9-13-4-8(12)5-14-9/h4-5,16H,6-7H2,1-3H3. The zero-order valence-corrected chi connectivity index (χ0v) is 11.3. The van der Waals surface area contributed by atoms with Crippen LogP contribution in [0, 0.1) is 0 Å². The summed E-state index contributed by atoms with van der Waals surface area (Å²) < 4.78 is 0.826. The van der Waals surface area contributed by atoms with Crippen molar-refractivity contribution in [3.8, 4) is 0 Å². The largest absolute Gasteiger partial charge is 0.379 e. The molecule has 16 heavy (non-hydrogen) atoms. The maximum Gasteiger partial charge on any atom is 0.162 e. The minimum Gasteiger partial charge on any atom is -0.379 e. The molecule has 0 atom stereocenters. The van der Waals surface area contributed by atoms with Gasteiger partial charge in [0.25, 0.3) is 0 Å². The summed E-state index contributed by atoms with van der Waals surface area (Å²) in [5, 5.41) is 10.3. The molecule has 2 rings (SSSR count). The van der Waals surface area contributed by atoms with Gasteiger partial charge >= 0.3 is 0 Å². The smallest absolute Gasteiger partial charge is 0.162 e. The van der Waals surface area contributed by atoms with Gasteiger partial charge in [-0.1, -0.05) is 0 Å². The average Bonchev–Trinajstić information content (AvgIpc) is 2.12. The lowest BCUT2D eigenvalue weighted by Crippen LogP contribution is -2.65. The Morgan fingerprint density at radius 1 is 1.31 bits per heavy atom. The van der Waals surface area contributed by atoms with E-state index in [1.165, 1.54) is 0 Å². The molecular formula is C11H16BrN3O. The van der Waals surface area contributed by atoms with Gasteiger partial charge in [0, 0.05) is 31.0 Å². The summed E-state index contributed by atoms with van der Waals surface area (Å²) >= 11 is 3.28. The zero-order chi connectivity index (χ0) is 12.0. The van der Waals surface area contributed by atoms with Crippen molar-refractivity contribution in [2.45, 2.75) is 31.9 Å². The van der Waals surface area contributed by atoms with Gasteiger partial charge in [0.15, 0.2) is 5.82 Å². The predicted molar refractivity (Wildman–Crippen MR) is 65.0 cm³/mol. The third-order valence-electron chi connectivity index (χ3n) is 2.89. The second-order valence-electron chi connectivity index (χ2n) is 5.28. The average molecular weight is 286 g/mol. The van der Waals surface area contributed by atoms with Gasteiger partial charge in [-0.05, 0) is 36.7 Å². The normalized spacial score (nSPS) is 20.6. The van der Waals surface area contributed by atoms with E-state index in [1.54, 1.807) is 12.4 Å². The molecule has 4 nitrogen and oxygen atoms in total. The van der Waals surface area contributed by atoms with Crippen LogP contribution in [0.5, 0.6) is 0 Å². The molecule has 1 fully saturated rings. The first-order valence-electron chi connectivity index (χ1n) is 5.27. The highest BCUT2D eigenvalue weighted by molar-refractivity contribution is 9.10. The highest BCUT2D eigenvalue weighted by atomic mass is 79.9. The Kier molecular flexibility index (Phi) is 2.80. The van der Waals surface area contributed by atoms with E-state index in [0.717, 1.165) is 4.47 Å². The zero-order valence-electron chi connectivity index (χ0n) is 9.74. The number of nitrogens with zero attached hydrogens (tertiary/aromatic N) is 3. The molecule has 0 saturated carbocycles. The Morgan fingerprint density at radius 3 is 2.25 bits per heavy atom. The summed E-state index contributed by atoms with van der Waals surface area (Å²) in [6.07, 6.45) is 3.33. The van der Waals surface area contributed by atoms with Crippen LogP contribution in [-0.4, -0.2) is 38.6 Å². The first-order valence-corrected chi connectivity index (χ1v) is 6.06. The van der Waals surface area contributed by atoms with E-state index in [9.17, 15) is 5.11 Å². The number of rotatable bonds is 1. The molecule has 1 N–H and O–H groups in total. The van der Waals surface area contributed by atoms with Gasteiger partial charge in [-0.2, -0.15) is 0 Å². The van der Waals surface area contributed by atoms with E-state index < -0.39 is 5.60 Å². The van der Waals surface area contributed by atoms with Crippen molar-refractivity contribution in [3.63, 3.8) is 0 Å². The summed E-state index contributed by atoms with van der Waals surface area (Å²) in [5.41, 5.74) is -0.796. The van der Waals surface area contributed by atoms with Gasteiger partial charge in [0.2, 0.25) is 0 Å². The van der Waals surface area contributed by atoms with Gasteiger partial charge in [-0.3, -0.25) is 4.90 Å². The highest BCUT2D eigenvalue weighted by Crippen LogP contribution is 2.34. The van der Waals surface area contributed by atoms with Crippen molar-refractivity contribution in [1.82, 2.24) is 14.9 Å². The van der Waals surface area contributed by atoms with Crippen molar-refractivity contribution < 1.29 is 5.11 Å². The van der Waals surface area contributed by atoms with Crippen molar-refractivity contribution in [2.24, 2.45) is 0 Å². The summed E-state index contributed by atoms with van der Waals surface area (Å²) in [6.45, 7) is 7.59. The summed E-state index contributed by atoms with van der Waals surface area (Å²) in [5.74, 6) is 0.510. The van der Waals surface area contributed by atoms with Crippen LogP contribution < -0.4 is 0 Å². The van der Waals surface area contributed by atoms with Crippen LogP contribution in [0.1, 0.15) is 26.6 Å². The Labute approximate surface area is 104 Å². The summed E-state index contributed by atoms with van der Waals surface area (Å²) in [4.78, 5) is 10.5. The third kappa shape index (κ3) is 2.12. The van der Waals surface area contributed by atoms with Gasteiger partial charge in [0.05, 0.1) is 4.47 Å². The molecule has 1 aromatic rings. The molecule has 1 saturated heterocycles. The molecule has 0 amide bonds. The fraction of sp³-hybridized carbons (Fsp3) is 0.636. The van der Waals surface area contributed by atoms with E-state index in [-0.39, 0.29) is 5.54 Å². The molecule has 0 spiro atoms. The number of hydrogen-bond acceptors (Lipinski definition) is 4. The Bertz CT molecular complexity index is 379. The molecule has 5 heteroatoms. The molecule has 0 bridgehead atoms. The van der Waals surface area contributed by atoms with Crippen LogP contribution in [-0.2, 0) is 5.60 Å². The quantitative estimate of drug-likeness (QED) is 0.851. The van der Waals surface area contributed by atoms with E-state index >= 15 is 0 Å². The number of aromatic nitrogens is 2. The van der Waals surface area contributed by atoms with Crippen LogP contribution >= 0.6 is 15.9 Å². The summed E-state index contributed by atoms with van der Waals surface area (Å²) in [6, 6.07) is 0. The number of β-amino-alcohol motifs (C(OH)–C–C–N with tert-alkyl or cyclic N) is 1. The first kappa shape index (κ1) is 12.0. The van der Waals surface area contributed by atoms with Crippen LogP contribution in [0.25, 0.3) is 0 Å². The van der Waals surface area contributed by atoms with Crippen LogP contribution in [0.15, 0.2) is 16.9 Å². The minimum absolute atomic E-state index is 0.0849. The van der Waals surface area contributed by atoms with Crippen molar-refractivity contribution in [3.05, 3.63) is 22.7 Å². The molecule has 1 aliphatic rings. The van der Waals surface area contributed by atoms with Gasteiger partial charge in [-0.15, -0.1) is 0 Å².